The van der Waals surface area contributed by atoms with Gasteiger partial charge in [-0.05, 0) is 34.4 Å². The van der Waals surface area contributed by atoms with Gasteiger partial charge in [-0.1, -0.05) is 101 Å². The zero-order valence-electron chi connectivity index (χ0n) is 15.3. The highest BCUT2D eigenvalue weighted by atomic mass is 79.9. The molecule has 4 aromatic rings. The lowest BCUT2D eigenvalue weighted by molar-refractivity contribution is 0.131. The van der Waals surface area contributed by atoms with Crippen molar-refractivity contribution in [2.45, 2.75) is 5.60 Å². The summed E-state index contributed by atoms with van der Waals surface area (Å²) in [7, 11) is 0. The van der Waals surface area contributed by atoms with Gasteiger partial charge in [0.15, 0.2) is 0 Å². The van der Waals surface area contributed by atoms with E-state index in [-0.39, 0.29) is 23.1 Å². The number of rotatable bonds is 2. The highest BCUT2D eigenvalue weighted by Gasteiger charge is 2.44. The molecule has 1 atom stereocenters. The van der Waals surface area contributed by atoms with Gasteiger partial charge in [-0.15, -0.1) is 0 Å². The maximum Gasteiger partial charge on any atom is 0.142 e. The SMILES string of the molecule is OC1(c2ccccc2-c2ccccc2)c2ccccc2-c2ccc(Br)cc21.[Mg]. The van der Waals surface area contributed by atoms with Gasteiger partial charge >= 0.3 is 0 Å². The van der Waals surface area contributed by atoms with Crippen LogP contribution in [0.4, 0.5) is 0 Å². The summed E-state index contributed by atoms with van der Waals surface area (Å²) in [6.07, 6.45) is 0. The Balaban J connectivity index is 0.00000192. The normalized spacial score (nSPS) is 16.8. The lowest BCUT2D eigenvalue weighted by atomic mass is 9.80. The van der Waals surface area contributed by atoms with Crippen LogP contribution in [0, 0.1) is 0 Å². The molecule has 28 heavy (non-hydrogen) atoms. The van der Waals surface area contributed by atoms with E-state index in [9.17, 15) is 5.11 Å². The minimum atomic E-state index is -1.19. The average molecular weight is 438 g/mol. The highest BCUT2D eigenvalue weighted by Crippen LogP contribution is 2.53. The lowest BCUT2D eigenvalue weighted by Crippen LogP contribution is -2.27. The van der Waals surface area contributed by atoms with Crippen LogP contribution in [0.15, 0.2) is 102 Å². The molecule has 1 N–H and O–H groups in total. The summed E-state index contributed by atoms with van der Waals surface area (Å²) in [6.45, 7) is 0. The standard InChI is InChI=1S/C25H17BrO.Mg/c26-18-14-15-21-20-11-5-7-13-23(20)25(27,24(21)16-18)22-12-6-4-10-19(22)17-8-2-1-3-9-17;/h1-16,27H;. The zero-order chi connectivity index (χ0) is 18.4. The lowest BCUT2D eigenvalue weighted by Gasteiger charge is -2.29. The molecule has 2 radical (unpaired) electrons. The van der Waals surface area contributed by atoms with Gasteiger partial charge in [-0.3, -0.25) is 0 Å². The van der Waals surface area contributed by atoms with Gasteiger partial charge in [-0.25, -0.2) is 0 Å². The molecule has 4 aromatic carbocycles. The van der Waals surface area contributed by atoms with Gasteiger partial charge in [0.2, 0.25) is 0 Å². The Labute approximate surface area is 189 Å². The summed E-state index contributed by atoms with van der Waals surface area (Å²) in [5, 5.41) is 12.2. The minimum Gasteiger partial charge on any atom is -0.376 e. The molecule has 1 unspecified atom stereocenters. The third-order valence-electron chi connectivity index (χ3n) is 5.38. The zero-order valence-corrected chi connectivity index (χ0v) is 18.3. The molecule has 0 heterocycles. The summed E-state index contributed by atoms with van der Waals surface area (Å²) < 4.78 is 0.963. The van der Waals surface area contributed by atoms with Crippen LogP contribution in [0.1, 0.15) is 16.7 Å². The van der Waals surface area contributed by atoms with Crippen LogP contribution in [-0.4, -0.2) is 28.2 Å². The second-order valence-electron chi connectivity index (χ2n) is 6.86. The number of hydrogen-bond donors (Lipinski definition) is 1. The van der Waals surface area contributed by atoms with E-state index in [0.717, 1.165) is 43.4 Å². The van der Waals surface area contributed by atoms with Crippen molar-refractivity contribution in [2.24, 2.45) is 0 Å². The van der Waals surface area contributed by atoms with E-state index >= 15 is 0 Å². The van der Waals surface area contributed by atoms with E-state index in [4.69, 9.17) is 0 Å². The van der Waals surface area contributed by atoms with Crippen molar-refractivity contribution < 1.29 is 5.11 Å². The summed E-state index contributed by atoms with van der Waals surface area (Å²) in [5.74, 6) is 0. The first-order chi connectivity index (χ1) is 13.2. The number of halogens is 1. The molecule has 0 aromatic heterocycles. The van der Waals surface area contributed by atoms with E-state index in [2.05, 4.69) is 46.3 Å². The third kappa shape index (κ3) is 2.85. The molecule has 0 saturated heterocycles. The van der Waals surface area contributed by atoms with Gasteiger partial charge in [0.25, 0.3) is 0 Å². The van der Waals surface area contributed by atoms with E-state index in [1.807, 2.05) is 66.7 Å². The molecule has 132 valence electrons. The highest BCUT2D eigenvalue weighted by molar-refractivity contribution is 9.10. The van der Waals surface area contributed by atoms with Crippen LogP contribution in [0.5, 0.6) is 0 Å². The Bertz CT molecular complexity index is 1160. The van der Waals surface area contributed by atoms with E-state index in [1.54, 1.807) is 0 Å². The number of benzene rings is 4. The monoisotopic (exact) mass is 436 g/mol. The molecule has 3 heteroatoms. The van der Waals surface area contributed by atoms with Gasteiger partial charge in [0.05, 0.1) is 0 Å². The molecule has 0 spiro atoms. The second kappa shape index (κ2) is 7.49. The molecular weight excluding hydrogens is 420 g/mol. The fourth-order valence-corrected chi connectivity index (χ4v) is 4.55. The molecule has 0 aliphatic heterocycles. The van der Waals surface area contributed by atoms with E-state index in [0.29, 0.717) is 0 Å². The molecule has 1 aliphatic carbocycles. The molecule has 5 rings (SSSR count). The predicted octanol–water partition coefficient (Wildman–Crippen LogP) is 6.00. The van der Waals surface area contributed by atoms with Gasteiger partial charge < -0.3 is 5.11 Å². The Morgan fingerprint density at radius 3 is 1.82 bits per heavy atom. The van der Waals surface area contributed by atoms with Crippen molar-refractivity contribution in [3.05, 3.63) is 118 Å². The van der Waals surface area contributed by atoms with Crippen molar-refractivity contribution in [2.75, 3.05) is 0 Å². The summed E-state index contributed by atoms with van der Waals surface area (Å²) in [4.78, 5) is 0. The predicted molar refractivity (Wildman–Crippen MR) is 119 cm³/mol. The maximum absolute atomic E-state index is 12.2. The molecule has 0 fully saturated rings. The fraction of sp³-hybridized carbons (Fsp3) is 0.0400. The average Bonchev–Trinajstić information content (AvgIpc) is 2.98. The van der Waals surface area contributed by atoms with Crippen LogP contribution in [0.2, 0.25) is 0 Å². The van der Waals surface area contributed by atoms with Crippen molar-refractivity contribution in [3.63, 3.8) is 0 Å². The Morgan fingerprint density at radius 2 is 1.11 bits per heavy atom. The van der Waals surface area contributed by atoms with Crippen LogP contribution >= 0.6 is 15.9 Å². The third-order valence-corrected chi connectivity index (χ3v) is 5.87. The Hall–Kier alpha value is -1.91. The molecule has 0 saturated carbocycles. The Morgan fingerprint density at radius 1 is 0.571 bits per heavy atom. The molecule has 0 amide bonds. The van der Waals surface area contributed by atoms with Crippen molar-refractivity contribution in [1.29, 1.82) is 0 Å². The second-order valence-corrected chi connectivity index (χ2v) is 7.77. The molecule has 1 aliphatic rings. The Kier molecular flexibility index (Phi) is 5.19. The summed E-state index contributed by atoms with van der Waals surface area (Å²) >= 11 is 3.59. The molecule has 1 nitrogen and oxygen atoms in total. The van der Waals surface area contributed by atoms with Crippen molar-refractivity contribution in [1.82, 2.24) is 0 Å². The molecule has 0 bridgehead atoms. The quantitative estimate of drug-likeness (QED) is 0.381. The fourth-order valence-electron chi connectivity index (χ4n) is 4.19. The van der Waals surface area contributed by atoms with Gasteiger partial charge in [0.1, 0.15) is 5.60 Å². The summed E-state index contributed by atoms with van der Waals surface area (Å²) in [5.41, 5.74) is 5.88. The first-order valence-corrected chi connectivity index (χ1v) is 9.76. The van der Waals surface area contributed by atoms with Crippen LogP contribution in [0.3, 0.4) is 0 Å². The maximum atomic E-state index is 12.2. The van der Waals surface area contributed by atoms with Crippen LogP contribution in [0.25, 0.3) is 22.3 Å². The van der Waals surface area contributed by atoms with Crippen molar-refractivity contribution >= 4 is 39.0 Å². The summed E-state index contributed by atoms with van der Waals surface area (Å²) in [6, 6.07) is 32.7. The number of aliphatic hydroxyl groups is 1. The van der Waals surface area contributed by atoms with Crippen molar-refractivity contribution in [3.8, 4) is 22.3 Å². The van der Waals surface area contributed by atoms with E-state index < -0.39 is 5.60 Å². The number of fused-ring (bicyclic) bond motifs is 3. The number of hydrogen-bond acceptors (Lipinski definition) is 1. The van der Waals surface area contributed by atoms with Crippen LogP contribution < -0.4 is 0 Å². The smallest absolute Gasteiger partial charge is 0.142 e. The van der Waals surface area contributed by atoms with Crippen LogP contribution in [-0.2, 0) is 5.60 Å². The first kappa shape index (κ1) is 19.4. The molecular formula is C25H17BrMgO. The van der Waals surface area contributed by atoms with Gasteiger partial charge in [-0.2, -0.15) is 0 Å². The van der Waals surface area contributed by atoms with Gasteiger partial charge in [0, 0.05) is 44.2 Å². The topological polar surface area (TPSA) is 20.2 Å². The largest absolute Gasteiger partial charge is 0.376 e. The van der Waals surface area contributed by atoms with E-state index in [1.165, 1.54) is 0 Å². The first-order valence-electron chi connectivity index (χ1n) is 8.97. The minimum absolute atomic E-state index is 0.